The summed E-state index contributed by atoms with van der Waals surface area (Å²) in [6.07, 6.45) is 1.63. The van der Waals surface area contributed by atoms with Gasteiger partial charge in [0.2, 0.25) is 0 Å². The molecule has 0 atom stereocenters. The zero-order chi connectivity index (χ0) is 12.3. The third-order valence-corrected chi connectivity index (χ3v) is 2.31. The molecule has 0 saturated heterocycles. The Morgan fingerprint density at radius 3 is 3.00 bits per heavy atom. The smallest absolute Gasteiger partial charge is 0.169 e. The number of nitrogens with zero attached hydrogens (tertiary/aromatic N) is 4. The maximum atomic E-state index is 8.85. The van der Waals surface area contributed by atoms with Crippen molar-refractivity contribution in [2.75, 3.05) is 11.1 Å². The second kappa shape index (κ2) is 4.53. The van der Waals surface area contributed by atoms with Gasteiger partial charge in [-0.05, 0) is 12.1 Å². The largest absolute Gasteiger partial charge is 0.396 e. The topological polar surface area (TPSA) is 92.5 Å². The first-order chi connectivity index (χ1) is 8.20. The number of nitrogens with one attached hydrogen (secondary N) is 1. The minimum absolute atomic E-state index is 0.450. The number of aromatic nitrogens is 3. The van der Waals surface area contributed by atoms with Gasteiger partial charge >= 0.3 is 0 Å². The van der Waals surface area contributed by atoms with Crippen LogP contribution < -0.4 is 11.1 Å². The van der Waals surface area contributed by atoms with Crippen molar-refractivity contribution in [1.29, 1.82) is 5.26 Å². The van der Waals surface area contributed by atoms with Crippen molar-refractivity contribution in [2.24, 2.45) is 7.05 Å². The molecule has 0 aliphatic carbocycles. The fraction of sp³-hybridized carbons (Fsp3) is 0.182. The Bertz CT molecular complexity index is 566. The van der Waals surface area contributed by atoms with Gasteiger partial charge in [-0.15, -0.1) is 0 Å². The molecule has 0 aliphatic rings. The molecule has 0 aliphatic heterocycles. The van der Waals surface area contributed by atoms with Crippen molar-refractivity contribution < 1.29 is 0 Å². The van der Waals surface area contributed by atoms with Crippen LogP contribution in [0.1, 0.15) is 11.4 Å². The van der Waals surface area contributed by atoms with Crippen molar-refractivity contribution in [3.63, 3.8) is 0 Å². The molecule has 0 spiro atoms. The van der Waals surface area contributed by atoms with Gasteiger partial charge in [0.25, 0.3) is 0 Å². The van der Waals surface area contributed by atoms with Crippen LogP contribution in [-0.2, 0) is 13.6 Å². The van der Waals surface area contributed by atoms with E-state index in [4.69, 9.17) is 11.0 Å². The zero-order valence-corrected chi connectivity index (χ0v) is 9.38. The van der Waals surface area contributed by atoms with Gasteiger partial charge in [0.1, 0.15) is 12.4 Å². The molecule has 0 amide bonds. The number of para-hydroxylation sites is 1. The van der Waals surface area contributed by atoms with Crippen molar-refractivity contribution in [3.8, 4) is 6.07 Å². The molecule has 2 aromatic rings. The van der Waals surface area contributed by atoms with Crippen molar-refractivity contribution in [3.05, 3.63) is 35.9 Å². The van der Waals surface area contributed by atoms with E-state index in [1.54, 1.807) is 30.2 Å². The molecule has 0 unspecified atom stereocenters. The Morgan fingerprint density at radius 1 is 1.53 bits per heavy atom. The first-order valence-corrected chi connectivity index (χ1v) is 5.07. The zero-order valence-electron chi connectivity index (χ0n) is 9.38. The number of hydrogen-bond acceptors (Lipinski definition) is 5. The summed E-state index contributed by atoms with van der Waals surface area (Å²) in [5.74, 6) is 0.675. The molecule has 0 saturated carbocycles. The molecule has 1 aromatic heterocycles. The summed E-state index contributed by atoms with van der Waals surface area (Å²) < 4.78 is 1.63. The van der Waals surface area contributed by atoms with Gasteiger partial charge < -0.3 is 11.1 Å². The lowest BCUT2D eigenvalue weighted by atomic mass is 10.1. The Hall–Kier alpha value is -2.55. The predicted octanol–water partition coefficient (Wildman–Crippen LogP) is 0.881. The molecular weight excluding hydrogens is 216 g/mol. The van der Waals surface area contributed by atoms with E-state index >= 15 is 0 Å². The van der Waals surface area contributed by atoms with Crippen LogP contribution in [0.2, 0.25) is 0 Å². The van der Waals surface area contributed by atoms with Gasteiger partial charge in [-0.2, -0.15) is 10.4 Å². The van der Waals surface area contributed by atoms with E-state index < -0.39 is 0 Å². The molecule has 0 bridgehead atoms. The number of hydrogen-bond donors (Lipinski definition) is 2. The monoisotopic (exact) mass is 228 g/mol. The van der Waals surface area contributed by atoms with Gasteiger partial charge in [-0.3, -0.25) is 4.68 Å². The highest BCUT2D eigenvalue weighted by atomic mass is 15.3. The number of benzene rings is 1. The van der Waals surface area contributed by atoms with Crippen LogP contribution in [0.3, 0.4) is 0 Å². The van der Waals surface area contributed by atoms with E-state index in [-0.39, 0.29) is 0 Å². The Kier molecular flexibility index (Phi) is 2.92. The standard InChI is InChI=1S/C11H12N6/c1-17-7-15-10(16-17)6-14-9-4-2-3-8(5-12)11(9)13/h2-4,7,14H,6,13H2,1H3. The summed E-state index contributed by atoms with van der Waals surface area (Å²) >= 11 is 0. The first kappa shape index (κ1) is 11.0. The van der Waals surface area contributed by atoms with E-state index in [0.29, 0.717) is 23.6 Å². The van der Waals surface area contributed by atoms with E-state index in [1.807, 2.05) is 12.1 Å². The molecule has 2 rings (SSSR count). The lowest BCUT2D eigenvalue weighted by molar-refractivity contribution is 0.747. The Labute approximate surface area is 98.7 Å². The molecule has 6 heteroatoms. The third kappa shape index (κ3) is 2.34. The predicted molar refractivity (Wildman–Crippen MR) is 63.9 cm³/mol. The molecule has 0 radical (unpaired) electrons. The van der Waals surface area contributed by atoms with Gasteiger partial charge in [0, 0.05) is 7.05 Å². The summed E-state index contributed by atoms with van der Waals surface area (Å²) in [5.41, 5.74) is 7.46. The Morgan fingerprint density at radius 2 is 2.35 bits per heavy atom. The minimum atomic E-state index is 0.450. The van der Waals surface area contributed by atoms with Gasteiger partial charge in [-0.25, -0.2) is 4.98 Å². The Balaban J connectivity index is 2.12. The summed E-state index contributed by atoms with van der Waals surface area (Å²) in [6.45, 7) is 0.472. The molecule has 1 heterocycles. The van der Waals surface area contributed by atoms with Gasteiger partial charge in [-0.1, -0.05) is 6.07 Å². The van der Waals surface area contributed by atoms with Crippen LogP contribution in [0.25, 0.3) is 0 Å². The number of nitriles is 1. The lowest BCUT2D eigenvalue weighted by Gasteiger charge is -2.08. The fourth-order valence-electron chi connectivity index (χ4n) is 1.46. The summed E-state index contributed by atoms with van der Waals surface area (Å²) in [7, 11) is 1.81. The highest BCUT2D eigenvalue weighted by Gasteiger charge is 2.05. The maximum absolute atomic E-state index is 8.85. The number of aryl methyl sites for hydroxylation is 1. The van der Waals surface area contributed by atoms with Crippen LogP contribution in [0.5, 0.6) is 0 Å². The minimum Gasteiger partial charge on any atom is -0.396 e. The molecule has 17 heavy (non-hydrogen) atoms. The third-order valence-electron chi connectivity index (χ3n) is 2.31. The highest BCUT2D eigenvalue weighted by molar-refractivity contribution is 5.72. The molecule has 86 valence electrons. The van der Waals surface area contributed by atoms with Crippen LogP contribution in [0.4, 0.5) is 11.4 Å². The van der Waals surface area contributed by atoms with Crippen LogP contribution in [-0.4, -0.2) is 14.8 Å². The average molecular weight is 228 g/mol. The quantitative estimate of drug-likeness (QED) is 0.761. The average Bonchev–Trinajstić information content (AvgIpc) is 2.74. The van der Waals surface area contributed by atoms with Crippen LogP contribution in [0, 0.1) is 11.3 Å². The van der Waals surface area contributed by atoms with Crippen molar-refractivity contribution >= 4 is 11.4 Å². The highest BCUT2D eigenvalue weighted by Crippen LogP contribution is 2.22. The van der Waals surface area contributed by atoms with Crippen molar-refractivity contribution in [2.45, 2.75) is 6.54 Å². The van der Waals surface area contributed by atoms with Crippen molar-refractivity contribution in [1.82, 2.24) is 14.8 Å². The fourth-order valence-corrected chi connectivity index (χ4v) is 1.46. The number of rotatable bonds is 3. The molecule has 0 fully saturated rings. The van der Waals surface area contributed by atoms with E-state index in [9.17, 15) is 0 Å². The van der Waals surface area contributed by atoms with Gasteiger partial charge in [0.15, 0.2) is 5.82 Å². The summed E-state index contributed by atoms with van der Waals surface area (Å²) in [6, 6.07) is 7.32. The number of anilines is 2. The SMILES string of the molecule is Cn1cnc(CNc2cccc(C#N)c2N)n1. The van der Waals surface area contributed by atoms with Crippen LogP contribution in [0.15, 0.2) is 24.5 Å². The van der Waals surface area contributed by atoms with Gasteiger partial charge in [0.05, 0.1) is 23.5 Å². The lowest BCUT2D eigenvalue weighted by Crippen LogP contribution is -2.05. The molecule has 1 aromatic carbocycles. The number of nitrogens with two attached hydrogens (primary N) is 1. The molecular formula is C11H12N6. The second-order valence-corrected chi connectivity index (χ2v) is 3.57. The normalized spacial score (nSPS) is 9.88. The summed E-state index contributed by atoms with van der Waals surface area (Å²) in [4.78, 5) is 4.09. The molecule has 3 N–H and O–H groups in total. The van der Waals surface area contributed by atoms with E-state index in [1.165, 1.54) is 0 Å². The maximum Gasteiger partial charge on any atom is 0.169 e. The van der Waals surface area contributed by atoms with E-state index in [2.05, 4.69) is 15.4 Å². The number of nitrogen functional groups attached to an aromatic ring is 1. The molecule has 6 nitrogen and oxygen atoms in total. The second-order valence-electron chi connectivity index (χ2n) is 3.57. The summed E-state index contributed by atoms with van der Waals surface area (Å²) in [5, 5.41) is 16.1. The first-order valence-electron chi connectivity index (χ1n) is 5.07. The van der Waals surface area contributed by atoms with E-state index in [0.717, 1.165) is 5.69 Å². The van der Waals surface area contributed by atoms with Crippen LogP contribution >= 0.6 is 0 Å².